The van der Waals surface area contributed by atoms with Gasteiger partial charge in [0.15, 0.2) is 0 Å². The maximum Gasteiger partial charge on any atom is 0.312 e. The molecule has 0 fully saturated rings. The van der Waals surface area contributed by atoms with Gasteiger partial charge in [-0.1, -0.05) is 22.0 Å². The average Bonchev–Trinajstić information content (AvgIpc) is 2.29. The van der Waals surface area contributed by atoms with Crippen molar-refractivity contribution in [1.82, 2.24) is 0 Å². The molecule has 1 unspecified atom stereocenters. The van der Waals surface area contributed by atoms with Crippen molar-refractivity contribution in [3.8, 4) is 0 Å². The van der Waals surface area contributed by atoms with E-state index in [0.717, 1.165) is 10.0 Å². The summed E-state index contributed by atoms with van der Waals surface area (Å²) in [6, 6.07) is 5.93. The second-order valence-electron chi connectivity index (χ2n) is 5.55. The van der Waals surface area contributed by atoms with Crippen LogP contribution < -0.4 is 0 Å². The van der Waals surface area contributed by atoms with E-state index in [4.69, 9.17) is 0 Å². The fourth-order valence-electron chi connectivity index (χ4n) is 2.48. The second-order valence-corrected chi connectivity index (χ2v) is 6.47. The van der Waals surface area contributed by atoms with E-state index in [2.05, 4.69) is 15.9 Å². The van der Waals surface area contributed by atoms with Gasteiger partial charge >= 0.3 is 5.97 Å². The molecule has 1 aliphatic rings. The van der Waals surface area contributed by atoms with E-state index in [-0.39, 0.29) is 0 Å². The molecule has 98 valence electrons. The fraction of sp³-hybridized carbons (Fsp3) is 0.500. The first-order valence-corrected chi connectivity index (χ1v) is 6.79. The van der Waals surface area contributed by atoms with Crippen LogP contribution >= 0.6 is 15.9 Å². The molecule has 2 N–H and O–H groups in total. The molecule has 0 radical (unpaired) electrons. The van der Waals surface area contributed by atoms with Crippen molar-refractivity contribution in [1.29, 1.82) is 0 Å². The van der Waals surface area contributed by atoms with E-state index in [1.165, 1.54) is 5.56 Å². The molecule has 1 aromatic carbocycles. The highest BCUT2D eigenvalue weighted by Crippen LogP contribution is 2.42. The molecule has 0 aromatic heterocycles. The Morgan fingerprint density at radius 1 is 1.39 bits per heavy atom. The minimum absolute atomic E-state index is 0.398. The summed E-state index contributed by atoms with van der Waals surface area (Å²) in [6.45, 7) is 3.19. The van der Waals surface area contributed by atoms with Gasteiger partial charge in [-0.3, -0.25) is 4.79 Å². The molecule has 0 aliphatic heterocycles. The Hall–Kier alpha value is -0.870. The SMILES string of the molecule is CC(C)(C(=O)O)C1(O)CCc2cc(Br)ccc2C1. The summed E-state index contributed by atoms with van der Waals surface area (Å²) >= 11 is 3.43. The predicted octanol–water partition coefficient (Wildman–Crippen LogP) is 2.78. The Bertz CT molecular complexity index is 496. The molecule has 1 aromatic rings. The van der Waals surface area contributed by atoms with Crippen LogP contribution in [-0.4, -0.2) is 21.8 Å². The van der Waals surface area contributed by atoms with E-state index < -0.39 is 17.0 Å². The summed E-state index contributed by atoms with van der Waals surface area (Å²) in [6.07, 6.45) is 1.59. The van der Waals surface area contributed by atoms with Gasteiger partial charge in [0, 0.05) is 10.9 Å². The third kappa shape index (κ3) is 2.08. The van der Waals surface area contributed by atoms with Crippen LogP contribution in [0.3, 0.4) is 0 Å². The lowest BCUT2D eigenvalue weighted by Crippen LogP contribution is -2.53. The Morgan fingerprint density at radius 3 is 2.67 bits per heavy atom. The summed E-state index contributed by atoms with van der Waals surface area (Å²) in [5, 5.41) is 20.0. The predicted molar refractivity (Wildman–Crippen MR) is 72.5 cm³/mol. The maximum atomic E-state index is 11.3. The van der Waals surface area contributed by atoms with E-state index in [1.54, 1.807) is 13.8 Å². The number of hydrogen-bond acceptors (Lipinski definition) is 2. The molecule has 0 bridgehead atoms. The number of carboxylic acids is 1. The molecule has 0 heterocycles. The largest absolute Gasteiger partial charge is 0.481 e. The molecule has 1 atom stereocenters. The van der Waals surface area contributed by atoms with Gasteiger partial charge in [0.2, 0.25) is 0 Å². The van der Waals surface area contributed by atoms with E-state index in [1.807, 2.05) is 18.2 Å². The topological polar surface area (TPSA) is 57.5 Å². The number of rotatable bonds is 2. The van der Waals surface area contributed by atoms with Gasteiger partial charge < -0.3 is 10.2 Å². The fourth-order valence-corrected chi connectivity index (χ4v) is 2.89. The van der Waals surface area contributed by atoms with Crippen LogP contribution in [0.4, 0.5) is 0 Å². The van der Waals surface area contributed by atoms with Crippen LogP contribution in [-0.2, 0) is 17.6 Å². The Kier molecular flexibility index (Phi) is 3.28. The van der Waals surface area contributed by atoms with Crippen LogP contribution in [0.5, 0.6) is 0 Å². The molecule has 2 rings (SSSR count). The number of aliphatic hydroxyl groups is 1. The minimum Gasteiger partial charge on any atom is -0.481 e. The Morgan fingerprint density at radius 2 is 2.06 bits per heavy atom. The number of fused-ring (bicyclic) bond motifs is 1. The van der Waals surface area contributed by atoms with Gasteiger partial charge in [-0.15, -0.1) is 0 Å². The number of halogens is 1. The summed E-state index contributed by atoms with van der Waals surface area (Å²) in [5.41, 5.74) is -0.0891. The first-order valence-electron chi connectivity index (χ1n) is 5.99. The van der Waals surface area contributed by atoms with Crippen molar-refractivity contribution in [3.05, 3.63) is 33.8 Å². The van der Waals surface area contributed by atoms with Crippen LogP contribution in [0, 0.1) is 5.41 Å². The highest BCUT2D eigenvalue weighted by molar-refractivity contribution is 9.10. The first kappa shape index (κ1) is 13.6. The Balaban J connectivity index is 2.37. The quantitative estimate of drug-likeness (QED) is 0.883. The molecule has 0 amide bonds. The third-order valence-electron chi connectivity index (χ3n) is 4.16. The molecule has 1 aliphatic carbocycles. The lowest BCUT2D eigenvalue weighted by molar-refractivity contribution is -0.166. The normalized spacial score (nSPS) is 23.6. The highest BCUT2D eigenvalue weighted by atomic mass is 79.9. The molecule has 0 saturated heterocycles. The third-order valence-corrected chi connectivity index (χ3v) is 4.65. The van der Waals surface area contributed by atoms with Gasteiger partial charge in [0.25, 0.3) is 0 Å². The van der Waals surface area contributed by atoms with Crippen molar-refractivity contribution in [3.63, 3.8) is 0 Å². The number of carboxylic acid groups (broad SMARTS) is 1. The van der Waals surface area contributed by atoms with Crippen molar-refractivity contribution in [2.24, 2.45) is 5.41 Å². The zero-order chi connectivity index (χ0) is 13.6. The lowest BCUT2D eigenvalue weighted by Gasteiger charge is -2.43. The zero-order valence-corrected chi connectivity index (χ0v) is 12.1. The van der Waals surface area contributed by atoms with Crippen LogP contribution in [0.15, 0.2) is 22.7 Å². The number of carbonyl (C=O) groups is 1. The van der Waals surface area contributed by atoms with Gasteiger partial charge in [-0.2, -0.15) is 0 Å². The zero-order valence-electron chi connectivity index (χ0n) is 10.5. The standard InChI is InChI=1S/C14H17BrO3/c1-13(2,12(16)17)14(18)6-5-9-7-11(15)4-3-10(9)8-14/h3-4,7,18H,5-6,8H2,1-2H3,(H,16,17). The van der Waals surface area contributed by atoms with Crippen molar-refractivity contribution >= 4 is 21.9 Å². The van der Waals surface area contributed by atoms with E-state index in [0.29, 0.717) is 19.3 Å². The summed E-state index contributed by atoms with van der Waals surface area (Å²) < 4.78 is 1.02. The van der Waals surface area contributed by atoms with Crippen LogP contribution in [0.2, 0.25) is 0 Å². The monoisotopic (exact) mass is 312 g/mol. The second kappa shape index (κ2) is 4.35. The first-order chi connectivity index (χ1) is 8.26. The Labute approximate surface area is 115 Å². The lowest BCUT2D eigenvalue weighted by atomic mass is 9.66. The number of aryl methyl sites for hydroxylation is 1. The molecular formula is C14H17BrO3. The van der Waals surface area contributed by atoms with Crippen molar-refractivity contribution in [2.45, 2.75) is 38.7 Å². The smallest absolute Gasteiger partial charge is 0.312 e. The van der Waals surface area contributed by atoms with Crippen LogP contribution in [0.1, 0.15) is 31.4 Å². The van der Waals surface area contributed by atoms with Crippen LogP contribution in [0.25, 0.3) is 0 Å². The van der Waals surface area contributed by atoms with Gasteiger partial charge in [0.1, 0.15) is 0 Å². The number of hydrogen-bond donors (Lipinski definition) is 2. The van der Waals surface area contributed by atoms with Gasteiger partial charge in [-0.25, -0.2) is 0 Å². The molecule has 0 saturated carbocycles. The maximum absolute atomic E-state index is 11.3. The molecular weight excluding hydrogens is 296 g/mol. The van der Waals surface area contributed by atoms with E-state index >= 15 is 0 Å². The summed E-state index contributed by atoms with van der Waals surface area (Å²) in [5.74, 6) is -0.953. The van der Waals surface area contributed by atoms with Gasteiger partial charge in [0.05, 0.1) is 11.0 Å². The number of aliphatic carboxylic acids is 1. The van der Waals surface area contributed by atoms with Crippen molar-refractivity contribution < 1.29 is 15.0 Å². The highest BCUT2D eigenvalue weighted by Gasteiger charge is 2.50. The molecule has 4 heteroatoms. The molecule has 0 spiro atoms. The summed E-state index contributed by atoms with van der Waals surface area (Å²) in [7, 11) is 0. The van der Waals surface area contributed by atoms with Gasteiger partial charge in [-0.05, 0) is 49.9 Å². The van der Waals surface area contributed by atoms with Crippen molar-refractivity contribution in [2.75, 3.05) is 0 Å². The number of benzene rings is 1. The molecule has 18 heavy (non-hydrogen) atoms. The minimum atomic E-state index is -1.18. The van der Waals surface area contributed by atoms with E-state index in [9.17, 15) is 15.0 Å². The average molecular weight is 313 g/mol. The molecule has 3 nitrogen and oxygen atoms in total. The summed E-state index contributed by atoms with van der Waals surface area (Å²) in [4.78, 5) is 11.3.